The molecular formula is C15H24N2O. The second-order valence-corrected chi connectivity index (χ2v) is 4.82. The molecule has 0 fully saturated rings. The van der Waals surface area contributed by atoms with E-state index in [9.17, 15) is 4.79 Å². The molecule has 0 N–H and O–H groups in total. The number of rotatable bonds is 6. The number of nitrogens with zero attached hydrogens (tertiary/aromatic N) is 2. The Morgan fingerprint density at radius 3 is 2.39 bits per heavy atom. The molecule has 1 unspecified atom stereocenters. The molecule has 0 saturated carbocycles. The number of Topliss-reactive ketones (excluding diaryl/α,β-unsaturated/α-hetero) is 1. The van der Waals surface area contributed by atoms with E-state index in [-0.39, 0.29) is 5.78 Å². The second-order valence-electron chi connectivity index (χ2n) is 4.82. The number of pyridine rings is 1. The lowest BCUT2D eigenvalue weighted by molar-refractivity contribution is 0.0606. The van der Waals surface area contributed by atoms with Gasteiger partial charge in [0.1, 0.15) is 0 Å². The zero-order chi connectivity index (χ0) is 13.8. The first-order valence-corrected chi connectivity index (χ1v) is 6.71. The summed E-state index contributed by atoms with van der Waals surface area (Å²) >= 11 is 0. The van der Waals surface area contributed by atoms with E-state index in [1.165, 1.54) is 0 Å². The van der Waals surface area contributed by atoms with Gasteiger partial charge in [-0.3, -0.25) is 14.7 Å². The number of ketones is 1. The fourth-order valence-electron chi connectivity index (χ4n) is 2.44. The molecule has 0 saturated heterocycles. The Morgan fingerprint density at radius 2 is 1.94 bits per heavy atom. The van der Waals surface area contributed by atoms with Gasteiger partial charge < -0.3 is 0 Å². The summed E-state index contributed by atoms with van der Waals surface area (Å²) in [5.74, 6) is 0.180. The highest BCUT2D eigenvalue weighted by molar-refractivity contribution is 6.03. The molecule has 0 aliphatic heterocycles. The largest absolute Gasteiger partial charge is 0.292 e. The Balaban J connectivity index is 3.17. The minimum absolute atomic E-state index is 0.180. The van der Waals surface area contributed by atoms with E-state index in [0.717, 1.165) is 30.6 Å². The van der Waals surface area contributed by atoms with Gasteiger partial charge in [0.2, 0.25) is 0 Å². The van der Waals surface area contributed by atoms with Crippen molar-refractivity contribution in [2.45, 2.75) is 46.6 Å². The molecule has 1 atom stereocenters. The van der Waals surface area contributed by atoms with Crippen molar-refractivity contribution in [3.8, 4) is 0 Å². The van der Waals surface area contributed by atoms with Gasteiger partial charge in [-0.15, -0.1) is 0 Å². The van der Waals surface area contributed by atoms with E-state index in [2.05, 4.69) is 30.7 Å². The third-order valence-corrected chi connectivity index (χ3v) is 3.92. The molecule has 1 heterocycles. The monoisotopic (exact) mass is 248 g/mol. The minimum atomic E-state index is -0.433. The Bertz CT molecular complexity index is 413. The number of hydrogen-bond acceptors (Lipinski definition) is 3. The predicted octanol–water partition coefficient (Wildman–Crippen LogP) is 3.08. The second kappa shape index (κ2) is 6.10. The van der Waals surface area contributed by atoms with Crippen LogP contribution in [0.1, 0.15) is 50.0 Å². The summed E-state index contributed by atoms with van der Waals surface area (Å²) in [6.07, 6.45) is 4.23. The first kappa shape index (κ1) is 14.8. The van der Waals surface area contributed by atoms with Crippen LogP contribution in [-0.4, -0.2) is 34.3 Å². The average Bonchev–Trinajstić information content (AvgIpc) is 2.39. The van der Waals surface area contributed by atoms with E-state index < -0.39 is 5.54 Å². The van der Waals surface area contributed by atoms with E-state index in [1.54, 1.807) is 12.4 Å². The molecule has 0 aromatic carbocycles. The Kier molecular flexibility index (Phi) is 5.03. The van der Waals surface area contributed by atoms with Crippen molar-refractivity contribution in [3.05, 3.63) is 29.6 Å². The molecule has 0 radical (unpaired) electrons. The lowest BCUT2D eigenvalue weighted by Crippen LogP contribution is -2.52. The number of carbonyl (C=O) groups is 1. The zero-order valence-electron chi connectivity index (χ0n) is 12.2. The maximum atomic E-state index is 12.8. The van der Waals surface area contributed by atoms with Crippen molar-refractivity contribution in [2.24, 2.45) is 0 Å². The highest BCUT2D eigenvalue weighted by atomic mass is 16.1. The summed E-state index contributed by atoms with van der Waals surface area (Å²) in [6, 6.07) is 1.89. The van der Waals surface area contributed by atoms with Gasteiger partial charge in [-0.1, -0.05) is 20.8 Å². The van der Waals surface area contributed by atoms with Gasteiger partial charge in [0.15, 0.2) is 5.78 Å². The fourth-order valence-corrected chi connectivity index (χ4v) is 2.44. The third-order valence-electron chi connectivity index (χ3n) is 3.92. The van der Waals surface area contributed by atoms with Crippen LogP contribution in [0.3, 0.4) is 0 Å². The number of hydrogen-bond donors (Lipinski definition) is 0. The molecule has 100 valence electrons. The van der Waals surface area contributed by atoms with Crippen LogP contribution in [0.5, 0.6) is 0 Å². The molecular weight excluding hydrogens is 224 g/mol. The molecule has 3 heteroatoms. The highest BCUT2D eigenvalue weighted by Gasteiger charge is 2.37. The first-order valence-electron chi connectivity index (χ1n) is 6.71. The van der Waals surface area contributed by atoms with Crippen LogP contribution in [-0.2, 0) is 0 Å². The molecule has 0 aliphatic carbocycles. The normalized spacial score (nSPS) is 14.6. The maximum absolute atomic E-state index is 12.8. The molecule has 3 nitrogen and oxygen atoms in total. The van der Waals surface area contributed by atoms with E-state index in [0.29, 0.717) is 0 Å². The smallest absolute Gasteiger partial charge is 0.184 e. The van der Waals surface area contributed by atoms with E-state index in [4.69, 9.17) is 0 Å². The van der Waals surface area contributed by atoms with Crippen molar-refractivity contribution in [1.29, 1.82) is 0 Å². The number of likely N-dealkylation sites (N-methyl/N-ethyl adjacent to an activating group) is 1. The van der Waals surface area contributed by atoms with Crippen LogP contribution in [0, 0.1) is 6.92 Å². The zero-order valence-corrected chi connectivity index (χ0v) is 12.2. The van der Waals surface area contributed by atoms with Crippen molar-refractivity contribution < 1.29 is 4.79 Å². The topological polar surface area (TPSA) is 33.2 Å². The lowest BCUT2D eigenvalue weighted by atomic mass is 9.86. The van der Waals surface area contributed by atoms with Crippen LogP contribution >= 0.6 is 0 Å². The molecule has 0 spiro atoms. The summed E-state index contributed by atoms with van der Waals surface area (Å²) in [4.78, 5) is 19.1. The van der Waals surface area contributed by atoms with Gasteiger partial charge in [0.25, 0.3) is 0 Å². The van der Waals surface area contributed by atoms with Crippen molar-refractivity contribution in [1.82, 2.24) is 9.88 Å². The maximum Gasteiger partial charge on any atom is 0.184 e. The molecule has 1 rings (SSSR count). The molecule has 1 aromatic rings. The lowest BCUT2D eigenvalue weighted by Gasteiger charge is -2.38. The van der Waals surface area contributed by atoms with Crippen molar-refractivity contribution in [3.63, 3.8) is 0 Å². The Morgan fingerprint density at radius 1 is 1.33 bits per heavy atom. The summed E-state index contributed by atoms with van der Waals surface area (Å²) in [5.41, 5.74) is 1.31. The van der Waals surface area contributed by atoms with Crippen LogP contribution in [0.15, 0.2) is 18.5 Å². The Labute approximate surface area is 110 Å². The predicted molar refractivity (Wildman–Crippen MR) is 74.9 cm³/mol. The van der Waals surface area contributed by atoms with Crippen molar-refractivity contribution >= 4 is 5.78 Å². The van der Waals surface area contributed by atoms with Crippen LogP contribution in [0.25, 0.3) is 0 Å². The molecule has 0 bridgehead atoms. The first-order chi connectivity index (χ1) is 8.51. The number of carbonyl (C=O) groups excluding carboxylic acids is 1. The summed E-state index contributed by atoms with van der Waals surface area (Å²) < 4.78 is 0. The number of aromatic nitrogens is 1. The molecule has 0 aliphatic rings. The number of aryl methyl sites for hydroxylation is 1. The van der Waals surface area contributed by atoms with Gasteiger partial charge in [-0.2, -0.15) is 0 Å². The van der Waals surface area contributed by atoms with Crippen LogP contribution < -0.4 is 0 Å². The minimum Gasteiger partial charge on any atom is -0.292 e. The third kappa shape index (κ3) is 2.61. The van der Waals surface area contributed by atoms with Crippen LogP contribution in [0.2, 0.25) is 0 Å². The van der Waals surface area contributed by atoms with Gasteiger partial charge in [0.05, 0.1) is 5.54 Å². The van der Waals surface area contributed by atoms with Gasteiger partial charge in [-0.25, -0.2) is 0 Å². The molecule has 18 heavy (non-hydrogen) atoms. The SMILES string of the molecule is CCN(CC)C(C)(CC)C(=O)c1cnccc1C. The van der Waals surface area contributed by atoms with E-state index >= 15 is 0 Å². The molecule has 1 aromatic heterocycles. The van der Waals surface area contributed by atoms with Gasteiger partial charge in [-0.05, 0) is 45.0 Å². The van der Waals surface area contributed by atoms with Gasteiger partial charge in [0, 0.05) is 18.0 Å². The fraction of sp³-hybridized carbons (Fsp3) is 0.600. The van der Waals surface area contributed by atoms with Gasteiger partial charge >= 0.3 is 0 Å². The van der Waals surface area contributed by atoms with Crippen LogP contribution in [0.4, 0.5) is 0 Å². The highest BCUT2D eigenvalue weighted by Crippen LogP contribution is 2.25. The Hall–Kier alpha value is -1.22. The molecule has 0 amide bonds. The van der Waals surface area contributed by atoms with Crippen molar-refractivity contribution in [2.75, 3.05) is 13.1 Å². The van der Waals surface area contributed by atoms with E-state index in [1.807, 2.05) is 19.9 Å². The quantitative estimate of drug-likeness (QED) is 0.725. The summed E-state index contributed by atoms with van der Waals surface area (Å²) in [7, 11) is 0. The average molecular weight is 248 g/mol. The summed E-state index contributed by atoms with van der Waals surface area (Å²) in [5, 5.41) is 0. The summed E-state index contributed by atoms with van der Waals surface area (Å²) in [6.45, 7) is 12.0. The standard InChI is InChI=1S/C15H24N2O/c1-6-15(5,17(7-2)8-3)14(18)13-11-16-10-9-12(13)4/h9-11H,6-8H2,1-5H3.